The quantitative estimate of drug-likeness (QED) is 0.638. The molecular weight excluding hydrogens is 419 g/mol. The molecule has 0 bridgehead atoms. The third-order valence-corrected chi connectivity index (χ3v) is 6.78. The maximum atomic E-state index is 14.6. The van der Waals surface area contributed by atoms with E-state index in [9.17, 15) is 17.9 Å². The molecule has 166 valence electrons. The van der Waals surface area contributed by atoms with E-state index in [2.05, 4.69) is 9.88 Å². The molecule has 1 aliphatic heterocycles. The van der Waals surface area contributed by atoms with E-state index >= 15 is 0 Å². The van der Waals surface area contributed by atoms with Crippen LogP contribution in [0.25, 0.3) is 22.2 Å². The maximum Gasteiger partial charge on any atom is 0.175 e. The van der Waals surface area contributed by atoms with Crippen molar-refractivity contribution >= 4 is 20.8 Å². The van der Waals surface area contributed by atoms with Gasteiger partial charge in [-0.3, -0.25) is 4.98 Å². The lowest BCUT2D eigenvalue weighted by atomic mass is 9.93. The Bertz CT molecular complexity index is 1210. The van der Waals surface area contributed by atoms with Crippen LogP contribution in [-0.4, -0.2) is 54.9 Å². The molecule has 6 nitrogen and oxygen atoms in total. The second kappa shape index (κ2) is 8.00. The highest BCUT2D eigenvalue weighted by Crippen LogP contribution is 2.34. The lowest BCUT2D eigenvalue weighted by Gasteiger charge is -2.34. The van der Waals surface area contributed by atoms with Crippen LogP contribution in [0.3, 0.4) is 0 Å². The Morgan fingerprint density at radius 3 is 2.55 bits per heavy atom. The summed E-state index contributed by atoms with van der Waals surface area (Å²) < 4.78 is 43.9. The van der Waals surface area contributed by atoms with Gasteiger partial charge in [0.2, 0.25) is 0 Å². The van der Waals surface area contributed by atoms with Gasteiger partial charge in [-0.2, -0.15) is 0 Å². The summed E-state index contributed by atoms with van der Waals surface area (Å²) in [5.41, 5.74) is 0.614. The number of nitrogens with zero attached hydrogens (tertiary/aromatic N) is 2. The summed E-state index contributed by atoms with van der Waals surface area (Å²) >= 11 is 0. The number of pyridine rings is 1. The molecule has 31 heavy (non-hydrogen) atoms. The van der Waals surface area contributed by atoms with Crippen molar-refractivity contribution in [3.63, 3.8) is 0 Å². The lowest BCUT2D eigenvalue weighted by Crippen LogP contribution is -2.42. The molecule has 0 unspecified atom stereocenters. The summed E-state index contributed by atoms with van der Waals surface area (Å²) in [6, 6.07) is 7.61. The van der Waals surface area contributed by atoms with Gasteiger partial charge in [-0.1, -0.05) is 0 Å². The van der Waals surface area contributed by atoms with Crippen LogP contribution >= 0.6 is 0 Å². The number of likely N-dealkylation sites (tertiary alicyclic amines) is 1. The van der Waals surface area contributed by atoms with E-state index in [0.717, 1.165) is 49.4 Å². The smallest absolute Gasteiger partial charge is 0.175 e. The van der Waals surface area contributed by atoms with Gasteiger partial charge in [-0.05, 0) is 70.1 Å². The van der Waals surface area contributed by atoms with Gasteiger partial charge in [-0.25, -0.2) is 12.8 Å². The first-order valence-electron chi connectivity index (χ1n) is 10.3. The standard InChI is InChI=1S/C23H27FN2O4S/c1-23(2,27)14-26-8-6-15(7-9-26)21-11-16-10-20(25-13-22(16)30-21)18-5-4-17(12-19(18)24)31(3,28)29/h4-5,10-13,15,27H,6-9,14H2,1-3H3. The molecule has 1 N–H and O–H groups in total. The fourth-order valence-electron chi connectivity index (χ4n) is 4.17. The predicted molar refractivity (Wildman–Crippen MR) is 117 cm³/mol. The third-order valence-electron chi connectivity index (χ3n) is 5.67. The molecule has 0 aliphatic carbocycles. The minimum Gasteiger partial charge on any atom is -0.459 e. The molecule has 0 spiro atoms. The molecule has 8 heteroatoms. The molecule has 1 aliphatic rings. The number of hydrogen-bond acceptors (Lipinski definition) is 6. The number of piperidine rings is 1. The normalized spacial score (nSPS) is 16.8. The Morgan fingerprint density at radius 2 is 1.94 bits per heavy atom. The molecule has 1 fully saturated rings. The van der Waals surface area contributed by atoms with Crippen molar-refractivity contribution < 1.29 is 22.3 Å². The van der Waals surface area contributed by atoms with Crippen LogP contribution in [0.1, 0.15) is 38.4 Å². The lowest BCUT2D eigenvalue weighted by molar-refractivity contribution is 0.0275. The Kier molecular flexibility index (Phi) is 5.66. The highest BCUT2D eigenvalue weighted by molar-refractivity contribution is 7.90. The van der Waals surface area contributed by atoms with Crippen LogP contribution in [0.15, 0.2) is 45.8 Å². The highest BCUT2D eigenvalue weighted by atomic mass is 32.2. The van der Waals surface area contributed by atoms with Crippen molar-refractivity contribution in [3.8, 4) is 11.3 Å². The molecular formula is C23H27FN2O4S. The second-order valence-electron chi connectivity index (χ2n) is 9.03. The van der Waals surface area contributed by atoms with Crippen LogP contribution in [0, 0.1) is 5.82 Å². The first-order chi connectivity index (χ1) is 14.5. The molecule has 0 radical (unpaired) electrons. The van der Waals surface area contributed by atoms with Gasteiger partial charge in [0.1, 0.15) is 11.6 Å². The maximum absolute atomic E-state index is 14.6. The summed E-state index contributed by atoms with van der Waals surface area (Å²) in [6.07, 6.45) is 4.52. The van der Waals surface area contributed by atoms with Crippen molar-refractivity contribution in [2.24, 2.45) is 0 Å². The number of sulfone groups is 1. The van der Waals surface area contributed by atoms with Crippen molar-refractivity contribution in [2.45, 2.75) is 43.1 Å². The molecule has 1 aromatic carbocycles. The van der Waals surface area contributed by atoms with Crippen LogP contribution < -0.4 is 0 Å². The number of fused-ring (bicyclic) bond motifs is 1. The van der Waals surface area contributed by atoms with E-state index in [-0.39, 0.29) is 10.5 Å². The predicted octanol–water partition coefficient (Wildman–Crippen LogP) is 3.99. The number of β-amino-alcohol motifs (C(OH)–C–C–N with tert-alkyl or cyclic N) is 1. The molecule has 1 saturated heterocycles. The van der Waals surface area contributed by atoms with Gasteiger partial charge in [0, 0.05) is 29.7 Å². The number of furan rings is 1. The molecule has 0 saturated carbocycles. The SMILES string of the molecule is CC(C)(O)CN1CCC(c2cc3cc(-c4ccc(S(C)(=O)=O)cc4F)ncc3o2)CC1. The second-order valence-corrected chi connectivity index (χ2v) is 11.0. The number of halogens is 1. The van der Waals surface area contributed by atoms with E-state index < -0.39 is 21.3 Å². The number of hydrogen-bond donors (Lipinski definition) is 1. The molecule has 0 atom stereocenters. The third kappa shape index (κ3) is 4.97. The zero-order valence-corrected chi connectivity index (χ0v) is 18.7. The van der Waals surface area contributed by atoms with Crippen molar-refractivity contribution in [1.29, 1.82) is 0 Å². The van der Waals surface area contributed by atoms with Crippen molar-refractivity contribution in [1.82, 2.24) is 9.88 Å². The Hall–Kier alpha value is -2.29. The van der Waals surface area contributed by atoms with E-state index in [1.165, 1.54) is 12.1 Å². The van der Waals surface area contributed by atoms with Gasteiger partial charge in [-0.15, -0.1) is 0 Å². The monoisotopic (exact) mass is 446 g/mol. The Labute approximate surface area is 181 Å². The average Bonchev–Trinajstić information content (AvgIpc) is 3.09. The average molecular weight is 447 g/mol. The Morgan fingerprint density at radius 1 is 1.23 bits per heavy atom. The number of benzene rings is 1. The zero-order valence-electron chi connectivity index (χ0n) is 17.9. The molecule has 0 amide bonds. The van der Waals surface area contributed by atoms with Gasteiger partial charge in [0.25, 0.3) is 0 Å². The largest absolute Gasteiger partial charge is 0.459 e. The van der Waals surface area contributed by atoms with Crippen LogP contribution in [-0.2, 0) is 9.84 Å². The topological polar surface area (TPSA) is 83.6 Å². The number of aromatic nitrogens is 1. The first kappa shape index (κ1) is 21.9. The van der Waals surface area contributed by atoms with Gasteiger partial charge in [0.15, 0.2) is 15.4 Å². The first-order valence-corrected chi connectivity index (χ1v) is 12.2. The molecule has 3 heterocycles. The summed E-state index contributed by atoms with van der Waals surface area (Å²) in [5, 5.41) is 10.9. The van der Waals surface area contributed by atoms with Gasteiger partial charge in [0.05, 0.1) is 22.4 Å². The van der Waals surface area contributed by atoms with Crippen molar-refractivity contribution in [3.05, 3.63) is 48.1 Å². The fourth-order valence-corrected chi connectivity index (χ4v) is 4.80. The minimum atomic E-state index is -3.48. The highest BCUT2D eigenvalue weighted by Gasteiger charge is 2.26. The zero-order chi connectivity index (χ0) is 22.4. The summed E-state index contributed by atoms with van der Waals surface area (Å²) in [4.78, 5) is 6.53. The number of rotatable bonds is 5. The van der Waals surface area contributed by atoms with E-state index in [4.69, 9.17) is 4.42 Å². The Balaban J connectivity index is 1.54. The molecule has 3 aromatic rings. The van der Waals surface area contributed by atoms with Crippen molar-refractivity contribution in [2.75, 3.05) is 25.9 Å². The fraction of sp³-hybridized carbons (Fsp3) is 0.435. The molecule has 2 aromatic heterocycles. The summed E-state index contributed by atoms with van der Waals surface area (Å²) in [6.45, 7) is 6.08. The summed E-state index contributed by atoms with van der Waals surface area (Å²) in [7, 11) is -3.48. The van der Waals surface area contributed by atoms with Crippen LogP contribution in [0.4, 0.5) is 4.39 Å². The van der Waals surface area contributed by atoms with Crippen LogP contribution in [0.2, 0.25) is 0 Å². The summed E-state index contributed by atoms with van der Waals surface area (Å²) in [5.74, 6) is 0.558. The number of aliphatic hydroxyl groups is 1. The van der Waals surface area contributed by atoms with Gasteiger partial charge < -0.3 is 14.4 Å². The van der Waals surface area contributed by atoms with E-state index in [1.54, 1.807) is 12.3 Å². The van der Waals surface area contributed by atoms with E-state index in [0.29, 0.717) is 23.7 Å². The van der Waals surface area contributed by atoms with Gasteiger partial charge >= 0.3 is 0 Å². The van der Waals surface area contributed by atoms with Crippen LogP contribution in [0.5, 0.6) is 0 Å². The molecule has 4 rings (SSSR count). The van der Waals surface area contributed by atoms with E-state index in [1.807, 2.05) is 19.9 Å². The minimum absolute atomic E-state index is 0.0589.